The minimum absolute atomic E-state index is 0.249. The zero-order valence-corrected chi connectivity index (χ0v) is 11.7. The maximum absolute atomic E-state index is 5.46. The van der Waals surface area contributed by atoms with Gasteiger partial charge in [-0.2, -0.15) is 4.98 Å². The molecule has 0 aliphatic heterocycles. The molecule has 16 heavy (non-hydrogen) atoms. The fourth-order valence-electron chi connectivity index (χ4n) is 0.997. The van der Waals surface area contributed by atoms with Crippen molar-refractivity contribution in [2.45, 2.75) is 27.2 Å². The van der Waals surface area contributed by atoms with Crippen molar-refractivity contribution in [3.63, 3.8) is 0 Å². The van der Waals surface area contributed by atoms with Crippen LogP contribution in [0.3, 0.4) is 0 Å². The predicted octanol–water partition coefficient (Wildman–Crippen LogP) is 3.06. The SMILES string of the molecule is COc1nc(OCCC(C)(C)C)ncc1Br. The minimum Gasteiger partial charge on any atom is -0.480 e. The third kappa shape index (κ3) is 4.35. The highest BCUT2D eigenvalue weighted by Crippen LogP contribution is 2.23. The number of nitrogens with zero attached hydrogens (tertiary/aromatic N) is 2. The van der Waals surface area contributed by atoms with Gasteiger partial charge in [0.2, 0.25) is 5.88 Å². The summed E-state index contributed by atoms with van der Waals surface area (Å²) in [6, 6.07) is 0.351. The molecule has 0 unspecified atom stereocenters. The molecule has 1 aromatic heterocycles. The lowest BCUT2D eigenvalue weighted by Gasteiger charge is -2.17. The molecule has 5 heteroatoms. The van der Waals surface area contributed by atoms with E-state index in [2.05, 4.69) is 46.7 Å². The first-order valence-corrected chi connectivity index (χ1v) is 5.91. The second-order valence-corrected chi connectivity index (χ2v) is 5.52. The van der Waals surface area contributed by atoms with Crippen LogP contribution in [-0.2, 0) is 0 Å². The van der Waals surface area contributed by atoms with Gasteiger partial charge in [0.25, 0.3) is 0 Å². The largest absolute Gasteiger partial charge is 0.480 e. The first kappa shape index (κ1) is 13.2. The average molecular weight is 289 g/mol. The molecule has 0 amide bonds. The maximum atomic E-state index is 5.46. The van der Waals surface area contributed by atoms with E-state index >= 15 is 0 Å². The van der Waals surface area contributed by atoms with Crippen molar-refractivity contribution in [1.82, 2.24) is 9.97 Å². The fraction of sp³-hybridized carbons (Fsp3) is 0.636. The van der Waals surface area contributed by atoms with Crippen LogP contribution in [0.2, 0.25) is 0 Å². The van der Waals surface area contributed by atoms with Gasteiger partial charge in [0.05, 0.1) is 24.4 Å². The second kappa shape index (κ2) is 5.48. The Morgan fingerprint density at radius 2 is 2.06 bits per heavy atom. The maximum Gasteiger partial charge on any atom is 0.319 e. The average Bonchev–Trinajstić information content (AvgIpc) is 2.18. The number of hydrogen-bond donors (Lipinski definition) is 0. The Bertz CT molecular complexity index is 350. The first-order chi connectivity index (χ1) is 7.42. The summed E-state index contributed by atoms with van der Waals surface area (Å²) in [4.78, 5) is 8.15. The zero-order valence-electron chi connectivity index (χ0n) is 10.1. The standard InChI is InChI=1S/C11H17BrN2O2/c1-11(2,3)5-6-16-10-13-7-8(12)9(14-10)15-4/h7H,5-6H2,1-4H3. The van der Waals surface area contributed by atoms with Crippen LogP contribution in [0.25, 0.3) is 0 Å². The number of methoxy groups -OCH3 is 1. The molecule has 4 nitrogen and oxygen atoms in total. The highest BCUT2D eigenvalue weighted by molar-refractivity contribution is 9.10. The van der Waals surface area contributed by atoms with Crippen LogP contribution in [0.4, 0.5) is 0 Å². The smallest absolute Gasteiger partial charge is 0.319 e. The van der Waals surface area contributed by atoms with Crippen molar-refractivity contribution in [2.24, 2.45) is 5.41 Å². The van der Waals surface area contributed by atoms with Gasteiger partial charge in [0, 0.05) is 0 Å². The van der Waals surface area contributed by atoms with E-state index in [1.54, 1.807) is 13.3 Å². The van der Waals surface area contributed by atoms with Crippen LogP contribution in [0.15, 0.2) is 10.7 Å². The van der Waals surface area contributed by atoms with Gasteiger partial charge in [-0.05, 0) is 27.8 Å². The van der Waals surface area contributed by atoms with Gasteiger partial charge in [-0.15, -0.1) is 0 Å². The Balaban J connectivity index is 2.55. The lowest BCUT2D eigenvalue weighted by molar-refractivity contribution is 0.226. The molecule has 0 saturated heterocycles. The topological polar surface area (TPSA) is 44.2 Å². The quantitative estimate of drug-likeness (QED) is 0.854. The van der Waals surface area contributed by atoms with Gasteiger partial charge in [0.1, 0.15) is 0 Å². The van der Waals surface area contributed by atoms with E-state index in [0.717, 1.165) is 10.9 Å². The number of rotatable bonds is 4. The molecule has 1 aromatic rings. The molecule has 0 atom stereocenters. The Hall–Kier alpha value is -0.840. The van der Waals surface area contributed by atoms with Crippen LogP contribution in [0, 0.1) is 5.41 Å². The highest BCUT2D eigenvalue weighted by Gasteiger charge is 2.11. The first-order valence-electron chi connectivity index (χ1n) is 5.12. The normalized spacial score (nSPS) is 11.3. The molecule has 0 aromatic carbocycles. The minimum atomic E-state index is 0.249. The fourth-order valence-corrected chi connectivity index (χ4v) is 1.35. The van der Waals surface area contributed by atoms with Gasteiger partial charge in [-0.25, -0.2) is 4.98 Å². The number of aromatic nitrogens is 2. The summed E-state index contributed by atoms with van der Waals surface area (Å²) in [5.41, 5.74) is 0.249. The van der Waals surface area contributed by atoms with Crippen molar-refractivity contribution >= 4 is 15.9 Å². The van der Waals surface area contributed by atoms with Crippen LogP contribution in [-0.4, -0.2) is 23.7 Å². The van der Waals surface area contributed by atoms with Crippen molar-refractivity contribution in [3.8, 4) is 11.9 Å². The number of halogens is 1. The molecule has 0 radical (unpaired) electrons. The van der Waals surface area contributed by atoms with Crippen LogP contribution in [0.1, 0.15) is 27.2 Å². The van der Waals surface area contributed by atoms with Crippen molar-refractivity contribution in [2.75, 3.05) is 13.7 Å². The van der Waals surface area contributed by atoms with Gasteiger partial charge in [0.15, 0.2) is 0 Å². The molecule has 0 spiro atoms. The van der Waals surface area contributed by atoms with Crippen LogP contribution >= 0.6 is 15.9 Å². The molecule has 0 aliphatic carbocycles. The van der Waals surface area contributed by atoms with Gasteiger partial charge >= 0.3 is 6.01 Å². The third-order valence-corrected chi connectivity index (χ3v) is 2.51. The molecule has 0 aliphatic rings. The molecular formula is C11H17BrN2O2. The summed E-state index contributed by atoms with van der Waals surface area (Å²) < 4.78 is 11.2. The number of ether oxygens (including phenoxy) is 2. The zero-order chi connectivity index (χ0) is 12.2. The Labute approximate surface area is 105 Å². The molecule has 1 heterocycles. The second-order valence-electron chi connectivity index (χ2n) is 4.67. The lowest BCUT2D eigenvalue weighted by Crippen LogP contribution is -2.12. The van der Waals surface area contributed by atoms with E-state index in [0.29, 0.717) is 18.5 Å². The van der Waals surface area contributed by atoms with Crippen molar-refractivity contribution in [1.29, 1.82) is 0 Å². The Kier molecular flexibility index (Phi) is 4.53. The molecule has 90 valence electrons. The summed E-state index contributed by atoms with van der Waals surface area (Å²) >= 11 is 3.28. The van der Waals surface area contributed by atoms with Gasteiger partial charge in [-0.3, -0.25) is 0 Å². The highest BCUT2D eigenvalue weighted by atomic mass is 79.9. The van der Waals surface area contributed by atoms with Gasteiger partial charge < -0.3 is 9.47 Å². The molecule has 1 rings (SSSR count). The molecule has 0 bridgehead atoms. The number of hydrogen-bond acceptors (Lipinski definition) is 4. The van der Waals surface area contributed by atoms with Gasteiger partial charge in [-0.1, -0.05) is 20.8 Å². The predicted molar refractivity (Wildman–Crippen MR) is 65.9 cm³/mol. The monoisotopic (exact) mass is 288 g/mol. The van der Waals surface area contributed by atoms with Crippen molar-refractivity contribution < 1.29 is 9.47 Å². The Morgan fingerprint density at radius 1 is 1.38 bits per heavy atom. The van der Waals surface area contributed by atoms with E-state index in [4.69, 9.17) is 9.47 Å². The molecular weight excluding hydrogens is 272 g/mol. The third-order valence-electron chi connectivity index (χ3n) is 1.97. The summed E-state index contributed by atoms with van der Waals surface area (Å²) in [5.74, 6) is 0.487. The van der Waals surface area contributed by atoms with Crippen molar-refractivity contribution in [3.05, 3.63) is 10.7 Å². The van der Waals surface area contributed by atoms with E-state index in [9.17, 15) is 0 Å². The molecule has 0 saturated carbocycles. The Morgan fingerprint density at radius 3 is 2.62 bits per heavy atom. The lowest BCUT2D eigenvalue weighted by atomic mass is 9.93. The summed E-state index contributed by atoms with van der Waals surface area (Å²) in [5, 5.41) is 0. The van der Waals surface area contributed by atoms with E-state index in [1.165, 1.54) is 0 Å². The molecule has 0 N–H and O–H groups in total. The van der Waals surface area contributed by atoms with Crippen LogP contribution < -0.4 is 9.47 Å². The van der Waals surface area contributed by atoms with E-state index in [-0.39, 0.29) is 5.41 Å². The van der Waals surface area contributed by atoms with E-state index < -0.39 is 0 Å². The summed E-state index contributed by atoms with van der Waals surface area (Å²) in [6.07, 6.45) is 2.58. The molecule has 0 fully saturated rings. The van der Waals surface area contributed by atoms with E-state index in [1.807, 2.05) is 0 Å². The summed E-state index contributed by atoms with van der Waals surface area (Å²) in [7, 11) is 1.56. The van der Waals surface area contributed by atoms with Crippen LogP contribution in [0.5, 0.6) is 11.9 Å². The summed E-state index contributed by atoms with van der Waals surface area (Å²) in [6.45, 7) is 7.10.